The lowest BCUT2D eigenvalue weighted by Gasteiger charge is -2.27. The van der Waals surface area contributed by atoms with Gasteiger partial charge in [0.1, 0.15) is 18.8 Å². The van der Waals surface area contributed by atoms with E-state index in [1.807, 2.05) is 67.6 Å². The molecule has 1 amide bonds. The summed E-state index contributed by atoms with van der Waals surface area (Å²) in [5.41, 5.74) is 2.00. The van der Waals surface area contributed by atoms with Crippen molar-refractivity contribution >= 4 is 12.1 Å². The van der Waals surface area contributed by atoms with Crippen molar-refractivity contribution in [2.75, 3.05) is 19.8 Å². The molecular formula is C27H35NO6. The van der Waals surface area contributed by atoms with Crippen molar-refractivity contribution in [1.82, 2.24) is 4.90 Å². The van der Waals surface area contributed by atoms with Crippen LogP contribution in [0.1, 0.15) is 43.7 Å². The highest BCUT2D eigenvalue weighted by atomic mass is 16.6. The molecule has 34 heavy (non-hydrogen) atoms. The van der Waals surface area contributed by atoms with Gasteiger partial charge in [-0.3, -0.25) is 4.90 Å². The molecule has 3 rings (SSSR count). The largest absolute Gasteiger partial charge is 0.460 e. The average Bonchev–Trinajstić information content (AvgIpc) is 3.37. The van der Waals surface area contributed by atoms with Gasteiger partial charge in [0, 0.05) is 25.7 Å². The molecule has 0 spiro atoms. The number of rotatable bonds is 12. The Balaban J connectivity index is 1.46. The number of nitrogens with zero attached hydrogens (tertiary/aromatic N) is 1. The number of esters is 1. The van der Waals surface area contributed by atoms with E-state index >= 15 is 0 Å². The van der Waals surface area contributed by atoms with Crippen LogP contribution >= 0.6 is 0 Å². The number of amides is 1. The minimum absolute atomic E-state index is 0.0870. The highest BCUT2D eigenvalue weighted by Crippen LogP contribution is 2.23. The summed E-state index contributed by atoms with van der Waals surface area (Å²) in [5, 5.41) is 9.65. The third-order valence-corrected chi connectivity index (χ3v) is 6.04. The molecule has 7 heteroatoms. The molecule has 3 atom stereocenters. The van der Waals surface area contributed by atoms with Crippen LogP contribution in [0.2, 0.25) is 0 Å². The Hall–Kier alpha value is -2.90. The predicted molar refractivity (Wildman–Crippen MR) is 128 cm³/mol. The lowest BCUT2D eigenvalue weighted by atomic mass is 10.0. The molecule has 1 heterocycles. The van der Waals surface area contributed by atoms with Crippen LogP contribution in [0.3, 0.4) is 0 Å². The first-order valence-electron chi connectivity index (χ1n) is 12.0. The van der Waals surface area contributed by atoms with Crippen molar-refractivity contribution in [2.24, 2.45) is 5.92 Å². The van der Waals surface area contributed by atoms with Gasteiger partial charge in [-0.2, -0.15) is 0 Å². The van der Waals surface area contributed by atoms with Gasteiger partial charge in [0.15, 0.2) is 0 Å². The van der Waals surface area contributed by atoms with Crippen molar-refractivity contribution in [1.29, 1.82) is 0 Å². The van der Waals surface area contributed by atoms with E-state index in [4.69, 9.17) is 14.2 Å². The van der Waals surface area contributed by atoms with Gasteiger partial charge < -0.3 is 19.3 Å². The number of benzene rings is 2. The first-order valence-corrected chi connectivity index (χ1v) is 12.0. The van der Waals surface area contributed by atoms with Crippen LogP contribution in [0.5, 0.6) is 0 Å². The van der Waals surface area contributed by atoms with Crippen molar-refractivity contribution in [3.05, 3.63) is 71.8 Å². The zero-order valence-electron chi connectivity index (χ0n) is 19.8. The van der Waals surface area contributed by atoms with Crippen LogP contribution in [0.15, 0.2) is 60.7 Å². The molecule has 0 aromatic heterocycles. The Morgan fingerprint density at radius 3 is 2.32 bits per heavy atom. The quantitative estimate of drug-likeness (QED) is 0.368. The van der Waals surface area contributed by atoms with E-state index in [1.54, 1.807) is 0 Å². The summed E-state index contributed by atoms with van der Waals surface area (Å²) < 4.78 is 16.9. The summed E-state index contributed by atoms with van der Waals surface area (Å²) in [5.74, 6) is -0.650. The first kappa shape index (κ1) is 25.7. The zero-order chi connectivity index (χ0) is 24.2. The molecule has 1 aliphatic rings. The van der Waals surface area contributed by atoms with E-state index in [9.17, 15) is 14.7 Å². The van der Waals surface area contributed by atoms with Gasteiger partial charge in [-0.05, 0) is 36.8 Å². The highest BCUT2D eigenvalue weighted by molar-refractivity contribution is 5.82. The number of hydrogen-bond donors (Lipinski definition) is 1. The molecule has 1 fully saturated rings. The summed E-state index contributed by atoms with van der Waals surface area (Å²) in [6.45, 7) is 3.44. The maximum atomic E-state index is 13.0. The van der Waals surface area contributed by atoms with Crippen LogP contribution in [-0.2, 0) is 32.2 Å². The fourth-order valence-corrected chi connectivity index (χ4v) is 3.99. The minimum Gasteiger partial charge on any atom is -0.460 e. The molecule has 2 aromatic rings. The normalized spacial score (nSPS) is 17.2. The third kappa shape index (κ3) is 7.85. The van der Waals surface area contributed by atoms with E-state index in [0.29, 0.717) is 45.4 Å². The summed E-state index contributed by atoms with van der Waals surface area (Å²) in [6.07, 6.45) is 1.58. The zero-order valence-corrected chi connectivity index (χ0v) is 19.8. The SMILES string of the molecule is C[C@@H](CO)[C@@H](CCCOCc1ccccc1)OC(=O)[C@@H]1CCCN1C(=O)OCc1ccccc1. The monoisotopic (exact) mass is 469 g/mol. The number of likely N-dealkylation sites (tertiary alicyclic amines) is 1. The van der Waals surface area contributed by atoms with Crippen LogP contribution < -0.4 is 0 Å². The second kappa shape index (κ2) is 13.7. The lowest BCUT2D eigenvalue weighted by molar-refractivity contribution is -0.158. The van der Waals surface area contributed by atoms with Gasteiger partial charge in [0.2, 0.25) is 0 Å². The Labute approximate surface area is 201 Å². The van der Waals surface area contributed by atoms with Crippen LogP contribution in [-0.4, -0.2) is 54.0 Å². The molecule has 0 unspecified atom stereocenters. The number of aliphatic hydroxyl groups is 1. The predicted octanol–water partition coefficient (Wildman–Crippen LogP) is 4.32. The van der Waals surface area contributed by atoms with Crippen LogP contribution in [0.25, 0.3) is 0 Å². The smallest absolute Gasteiger partial charge is 0.410 e. The molecule has 2 aromatic carbocycles. The van der Waals surface area contributed by atoms with E-state index < -0.39 is 24.2 Å². The molecule has 7 nitrogen and oxygen atoms in total. The lowest BCUT2D eigenvalue weighted by Crippen LogP contribution is -2.43. The molecule has 1 N–H and O–H groups in total. The second-order valence-electron chi connectivity index (χ2n) is 8.71. The maximum Gasteiger partial charge on any atom is 0.410 e. The standard InChI is InChI=1S/C27H35NO6/c1-21(18-29)25(15-9-17-32-19-22-10-4-2-5-11-22)34-26(30)24-14-8-16-28(24)27(31)33-20-23-12-6-3-7-13-23/h2-7,10-13,21,24-25,29H,8-9,14-20H2,1H3/t21-,24-,25+/m0/s1. The topological polar surface area (TPSA) is 85.3 Å². The average molecular weight is 470 g/mol. The van der Waals surface area contributed by atoms with Gasteiger partial charge >= 0.3 is 12.1 Å². The number of carbonyl (C=O) groups excluding carboxylic acids is 2. The molecule has 184 valence electrons. The van der Waals surface area contributed by atoms with Crippen molar-refractivity contribution in [3.63, 3.8) is 0 Å². The number of aliphatic hydroxyl groups excluding tert-OH is 1. The summed E-state index contributed by atoms with van der Waals surface area (Å²) in [4.78, 5) is 27.0. The molecular weight excluding hydrogens is 434 g/mol. The Morgan fingerprint density at radius 2 is 1.68 bits per heavy atom. The Kier molecular flexibility index (Phi) is 10.4. The van der Waals surface area contributed by atoms with Crippen LogP contribution in [0.4, 0.5) is 4.79 Å². The number of hydrogen-bond acceptors (Lipinski definition) is 6. The first-order chi connectivity index (χ1) is 16.6. The van der Waals surface area contributed by atoms with E-state index in [1.165, 1.54) is 4.90 Å². The number of carbonyl (C=O) groups is 2. The van der Waals surface area contributed by atoms with Crippen molar-refractivity contribution in [3.8, 4) is 0 Å². The van der Waals surface area contributed by atoms with E-state index in [0.717, 1.165) is 11.1 Å². The summed E-state index contributed by atoms with van der Waals surface area (Å²) in [7, 11) is 0. The van der Waals surface area contributed by atoms with Crippen molar-refractivity contribution in [2.45, 2.75) is 58.0 Å². The van der Waals surface area contributed by atoms with Gasteiger partial charge in [-0.15, -0.1) is 0 Å². The third-order valence-electron chi connectivity index (χ3n) is 6.04. The Morgan fingerprint density at radius 1 is 1.03 bits per heavy atom. The fraction of sp³-hybridized carbons (Fsp3) is 0.481. The molecule has 0 aliphatic carbocycles. The maximum absolute atomic E-state index is 13.0. The molecule has 0 saturated carbocycles. The minimum atomic E-state index is -0.661. The Bertz CT molecular complexity index is 875. The molecule has 0 radical (unpaired) electrons. The van der Waals surface area contributed by atoms with Gasteiger partial charge in [0.05, 0.1) is 6.61 Å². The summed E-state index contributed by atoms with van der Waals surface area (Å²) >= 11 is 0. The highest BCUT2D eigenvalue weighted by Gasteiger charge is 2.37. The van der Waals surface area contributed by atoms with Gasteiger partial charge in [-0.1, -0.05) is 67.6 Å². The summed E-state index contributed by atoms with van der Waals surface area (Å²) in [6, 6.07) is 18.7. The van der Waals surface area contributed by atoms with Crippen molar-refractivity contribution < 1.29 is 28.9 Å². The molecule has 0 bridgehead atoms. The van der Waals surface area contributed by atoms with Gasteiger partial charge in [0.25, 0.3) is 0 Å². The fourth-order valence-electron chi connectivity index (χ4n) is 3.99. The number of ether oxygens (including phenoxy) is 3. The molecule has 1 aliphatic heterocycles. The van der Waals surface area contributed by atoms with Crippen LogP contribution in [0, 0.1) is 5.92 Å². The molecule has 1 saturated heterocycles. The second-order valence-corrected chi connectivity index (χ2v) is 8.71. The van der Waals surface area contributed by atoms with E-state index in [-0.39, 0.29) is 19.1 Å². The van der Waals surface area contributed by atoms with E-state index in [2.05, 4.69) is 0 Å². The van der Waals surface area contributed by atoms with Gasteiger partial charge in [-0.25, -0.2) is 9.59 Å².